The van der Waals surface area contributed by atoms with E-state index in [1.54, 1.807) is 13.0 Å². The summed E-state index contributed by atoms with van der Waals surface area (Å²) < 4.78 is 26.5. The average Bonchev–Trinajstić information content (AvgIpc) is 3.37. The minimum Gasteiger partial charge on any atom is -0.462 e. The molecule has 1 saturated heterocycles. The lowest BCUT2D eigenvalue weighted by atomic mass is 10.1. The van der Waals surface area contributed by atoms with Crippen molar-refractivity contribution in [1.29, 1.82) is 0 Å². The zero-order chi connectivity index (χ0) is 28.1. The maximum atomic E-state index is 15.1. The van der Waals surface area contributed by atoms with Crippen LogP contribution in [0.25, 0.3) is 5.69 Å². The van der Waals surface area contributed by atoms with Crippen LogP contribution in [-0.4, -0.2) is 64.8 Å². The van der Waals surface area contributed by atoms with Crippen LogP contribution in [0.3, 0.4) is 0 Å². The molecule has 1 fully saturated rings. The van der Waals surface area contributed by atoms with Crippen LogP contribution in [0.5, 0.6) is 0 Å². The van der Waals surface area contributed by atoms with Gasteiger partial charge < -0.3 is 19.7 Å². The van der Waals surface area contributed by atoms with E-state index >= 15 is 4.39 Å². The molecule has 3 aromatic rings. The Morgan fingerprint density at radius 3 is 2.62 bits per heavy atom. The minimum absolute atomic E-state index is 0.121. The highest BCUT2D eigenvalue weighted by atomic mass is 35.5. The van der Waals surface area contributed by atoms with Crippen LogP contribution < -0.4 is 16.2 Å². The highest BCUT2D eigenvalue weighted by Gasteiger charge is 2.40. The van der Waals surface area contributed by atoms with Gasteiger partial charge in [-0.25, -0.2) is 19.0 Å². The molecule has 0 spiro atoms. The molecule has 2 atom stereocenters. The highest BCUT2D eigenvalue weighted by Crippen LogP contribution is 2.25. The molecule has 0 unspecified atom stereocenters. The van der Waals surface area contributed by atoms with E-state index in [9.17, 15) is 19.2 Å². The fourth-order valence-corrected chi connectivity index (χ4v) is 4.18. The number of benzene rings is 1. The SMILES string of the molecule is CCOC(=O)c1ccc(=O)n(-c2ccc(NC(=O)[C@H]3C[C@@H](OC)CN3C(=O)Nc3ccc(Cl)cn3)c(F)c2)c1. The molecular weight excluding hydrogens is 533 g/mol. The number of carbonyl (C=O) groups is 3. The molecule has 1 aromatic carbocycles. The predicted octanol–water partition coefficient (Wildman–Crippen LogP) is 3.46. The first-order valence-corrected chi connectivity index (χ1v) is 12.3. The summed E-state index contributed by atoms with van der Waals surface area (Å²) in [6.45, 7) is 1.94. The van der Waals surface area contributed by atoms with Gasteiger partial charge >= 0.3 is 12.0 Å². The number of nitrogens with zero attached hydrogens (tertiary/aromatic N) is 3. The fraction of sp³-hybridized carbons (Fsp3) is 0.269. The Kier molecular flexibility index (Phi) is 8.57. The number of methoxy groups -OCH3 is 1. The van der Waals surface area contributed by atoms with Gasteiger partial charge in [0.15, 0.2) is 0 Å². The van der Waals surface area contributed by atoms with Crippen LogP contribution >= 0.6 is 11.6 Å². The molecule has 11 nitrogen and oxygen atoms in total. The smallest absolute Gasteiger partial charge is 0.339 e. The summed E-state index contributed by atoms with van der Waals surface area (Å²) in [4.78, 5) is 55.7. The van der Waals surface area contributed by atoms with E-state index in [-0.39, 0.29) is 42.3 Å². The second-order valence-electron chi connectivity index (χ2n) is 8.55. The van der Waals surface area contributed by atoms with Gasteiger partial charge in [0, 0.05) is 44.6 Å². The maximum absolute atomic E-state index is 15.1. The molecular formula is C26H25ClFN5O6. The first-order chi connectivity index (χ1) is 18.7. The first kappa shape index (κ1) is 27.7. The van der Waals surface area contributed by atoms with Crippen molar-refractivity contribution in [3.05, 3.63) is 81.6 Å². The molecule has 0 saturated carbocycles. The molecule has 0 radical (unpaired) electrons. The van der Waals surface area contributed by atoms with Gasteiger partial charge in [0.25, 0.3) is 5.56 Å². The first-order valence-electron chi connectivity index (χ1n) is 11.9. The van der Waals surface area contributed by atoms with Crippen molar-refractivity contribution >= 4 is 41.0 Å². The molecule has 2 aromatic heterocycles. The van der Waals surface area contributed by atoms with Gasteiger partial charge in [-0.15, -0.1) is 0 Å². The van der Waals surface area contributed by atoms with Gasteiger partial charge in [0.1, 0.15) is 17.7 Å². The van der Waals surface area contributed by atoms with Crippen molar-refractivity contribution in [2.24, 2.45) is 0 Å². The normalized spacial score (nSPS) is 16.6. The van der Waals surface area contributed by atoms with Crippen molar-refractivity contribution in [1.82, 2.24) is 14.5 Å². The van der Waals surface area contributed by atoms with E-state index in [1.165, 1.54) is 54.7 Å². The number of nitrogens with one attached hydrogen (secondary N) is 2. The van der Waals surface area contributed by atoms with Gasteiger partial charge in [0.2, 0.25) is 5.91 Å². The van der Waals surface area contributed by atoms with Crippen LogP contribution in [0.1, 0.15) is 23.7 Å². The fourth-order valence-electron chi connectivity index (χ4n) is 4.07. The van der Waals surface area contributed by atoms with Gasteiger partial charge in [-0.1, -0.05) is 11.6 Å². The Morgan fingerprint density at radius 2 is 1.95 bits per heavy atom. The topological polar surface area (TPSA) is 132 Å². The summed E-state index contributed by atoms with van der Waals surface area (Å²) in [7, 11) is 1.47. The molecule has 13 heteroatoms. The summed E-state index contributed by atoms with van der Waals surface area (Å²) >= 11 is 5.83. The number of ether oxygens (including phenoxy) is 2. The number of hydrogen-bond donors (Lipinski definition) is 2. The second kappa shape index (κ2) is 12.0. The summed E-state index contributed by atoms with van der Waals surface area (Å²) in [5, 5.41) is 5.51. The van der Waals surface area contributed by atoms with E-state index < -0.39 is 41.4 Å². The summed E-state index contributed by atoms with van der Waals surface area (Å²) in [5.74, 6) is -1.82. The lowest BCUT2D eigenvalue weighted by molar-refractivity contribution is -0.119. The Balaban J connectivity index is 1.51. The standard InChI is InChI=1S/C26H25ClFN5O6/c1-3-39-25(36)15-4-9-23(34)32(13-15)17-6-7-20(19(28)10-17)30-24(35)21-11-18(38-2)14-33(21)26(37)31-22-8-5-16(27)12-29-22/h4-10,12-13,18,21H,3,11,14H2,1-2H3,(H,30,35)(H,29,31,37)/t18-,21-/m1/s1. The van der Waals surface area contributed by atoms with Crippen molar-refractivity contribution in [3.63, 3.8) is 0 Å². The number of hydrogen-bond acceptors (Lipinski definition) is 7. The lowest BCUT2D eigenvalue weighted by Crippen LogP contribution is -2.45. The number of halogens is 2. The summed E-state index contributed by atoms with van der Waals surface area (Å²) in [6.07, 6.45) is 2.41. The molecule has 0 bridgehead atoms. The number of amides is 3. The van der Waals surface area contributed by atoms with E-state index in [0.29, 0.717) is 5.02 Å². The Labute approximate surface area is 227 Å². The van der Waals surface area contributed by atoms with Crippen molar-refractivity contribution in [3.8, 4) is 5.69 Å². The molecule has 39 heavy (non-hydrogen) atoms. The molecule has 1 aliphatic rings. The molecule has 1 aliphatic heterocycles. The Hall–Kier alpha value is -4.29. The van der Waals surface area contributed by atoms with Gasteiger partial charge in [0.05, 0.1) is 34.7 Å². The number of likely N-dealkylation sites (tertiary alicyclic amines) is 1. The van der Waals surface area contributed by atoms with Gasteiger partial charge in [-0.05, 0) is 37.3 Å². The van der Waals surface area contributed by atoms with Crippen LogP contribution in [0, 0.1) is 5.82 Å². The third-order valence-electron chi connectivity index (χ3n) is 6.03. The van der Waals surface area contributed by atoms with E-state index in [1.807, 2.05) is 0 Å². The van der Waals surface area contributed by atoms with E-state index in [4.69, 9.17) is 21.1 Å². The van der Waals surface area contributed by atoms with Crippen molar-refractivity contribution in [2.75, 3.05) is 30.9 Å². The number of pyridine rings is 2. The molecule has 0 aliphatic carbocycles. The number of aromatic nitrogens is 2. The quantitative estimate of drug-likeness (QED) is 0.425. The van der Waals surface area contributed by atoms with E-state index in [0.717, 1.165) is 10.6 Å². The third-order valence-corrected chi connectivity index (χ3v) is 6.26. The van der Waals surface area contributed by atoms with Crippen LogP contribution in [0.4, 0.5) is 20.7 Å². The Morgan fingerprint density at radius 1 is 1.15 bits per heavy atom. The number of carbonyl (C=O) groups excluding carboxylic acids is 3. The van der Waals surface area contributed by atoms with Crippen LogP contribution in [0.2, 0.25) is 5.02 Å². The monoisotopic (exact) mass is 557 g/mol. The van der Waals surface area contributed by atoms with Gasteiger partial charge in [-0.2, -0.15) is 0 Å². The van der Waals surface area contributed by atoms with Crippen LogP contribution in [0.15, 0.2) is 59.7 Å². The Bertz CT molecular complexity index is 1450. The maximum Gasteiger partial charge on any atom is 0.339 e. The largest absolute Gasteiger partial charge is 0.462 e. The summed E-state index contributed by atoms with van der Waals surface area (Å²) in [5.41, 5.74) is -0.389. The molecule has 204 valence electrons. The predicted molar refractivity (Wildman–Crippen MR) is 141 cm³/mol. The lowest BCUT2D eigenvalue weighted by Gasteiger charge is -2.24. The number of anilines is 2. The molecule has 4 rings (SSSR count). The summed E-state index contributed by atoms with van der Waals surface area (Å²) in [6, 6.07) is 7.79. The highest BCUT2D eigenvalue weighted by molar-refractivity contribution is 6.30. The number of rotatable bonds is 7. The van der Waals surface area contributed by atoms with Crippen LogP contribution in [-0.2, 0) is 14.3 Å². The average molecular weight is 558 g/mol. The van der Waals surface area contributed by atoms with E-state index in [2.05, 4.69) is 15.6 Å². The zero-order valence-corrected chi connectivity index (χ0v) is 21.8. The second-order valence-corrected chi connectivity index (χ2v) is 8.99. The molecule has 3 heterocycles. The third kappa shape index (κ3) is 6.41. The van der Waals surface area contributed by atoms with Crippen molar-refractivity contribution in [2.45, 2.75) is 25.5 Å². The number of esters is 1. The van der Waals surface area contributed by atoms with Crippen molar-refractivity contribution < 1.29 is 28.2 Å². The minimum atomic E-state index is -0.954. The van der Waals surface area contributed by atoms with Gasteiger partial charge in [-0.3, -0.25) is 19.5 Å². The molecule has 2 N–H and O–H groups in total. The number of urea groups is 1. The molecule has 3 amide bonds. The zero-order valence-electron chi connectivity index (χ0n) is 21.0.